The van der Waals surface area contributed by atoms with Crippen molar-refractivity contribution in [2.24, 2.45) is 0 Å². The number of halogens is 4. The number of carbonyl (C=O) groups excluding carboxylic acids is 2. The number of anilines is 2. The van der Waals surface area contributed by atoms with Gasteiger partial charge in [-0.15, -0.1) is 0 Å². The number of aromatic amines is 1. The minimum Gasteiger partial charge on any atom is -0.326 e. The molecule has 0 saturated heterocycles. The molecule has 34 heavy (non-hydrogen) atoms. The summed E-state index contributed by atoms with van der Waals surface area (Å²) in [6.45, 7) is 1.89. The van der Waals surface area contributed by atoms with E-state index in [0.717, 1.165) is 22.7 Å². The lowest BCUT2D eigenvalue weighted by Gasteiger charge is -2.12. The highest BCUT2D eigenvalue weighted by Gasteiger charge is 2.33. The smallest absolute Gasteiger partial charge is 0.326 e. The number of pyridine rings is 1. The van der Waals surface area contributed by atoms with E-state index in [1.165, 1.54) is 6.07 Å². The van der Waals surface area contributed by atoms with E-state index in [1.807, 2.05) is 19.1 Å². The highest BCUT2D eigenvalue weighted by atomic mass is 35.5. The first kappa shape index (κ1) is 23.2. The molecule has 0 fully saturated rings. The molecule has 4 aromatic rings. The summed E-state index contributed by atoms with van der Waals surface area (Å²) in [4.78, 5) is 28.7. The van der Waals surface area contributed by atoms with Gasteiger partial charge >= 0.3 is 6.18 Å². The molecule has 2 amide bonds. The van der Waals surface area contributed by atoms with Crippen LogP contribution in [0.15, 0.2) is 54.7 Å². The number of aromatic nitrogens is 3. The van der Waals surface area contributed by atoms with E-state index >= 15 is 0 Å². The van der Waals surface area contributed by atoms with Crippen molar-refractivity contribution in [3.63, 3.8) is 0 Å². The number of hydrogen-bond donors (Lipinski definition) is 3. The maximum Gasteiger partial charge on any atom is 0.417 e. The fraction of sp³-hybridized carbons (Fsp3) is 0.130. The zero-order valence-corrected chi connectivity index (χ0v) is 18.4. The first-order chi connectivity index (χ1) is 16.1. The van der Waals surface area contributed by atoms with E-state index in [9.17, 15) is 22.8 Å². The number of rotatable bonds is 5. The van der Waals surface area contributed by atoms with E-state index in [1.54, 1.807) is 24.4 Å². The van der Waals surface area contributed by atoms with Crippen LogP contribution < -0.4 is 10.6 Å². The van der Waals surface area contributed by atoms with Crippen molar-refractivity contribution in [1.29, 1.82) is 0 Å². The van der Waals surface area contributed by atoms with E-state index < -0.39 is 35.0 Å². The van der Waals surface area contributed by atoms with Gasteiger partial charge in [0.05, 0.1) is 16.1 Å². The maximum absolute atomic E-state index is 13.0. The molecule has 11 heteroatoms. The number of benzene rings is 2. The molecule has 7 nitrogen and oxygen atoms in total. The zero-order chi connectivity index (χ0) is 24.5. The molecule has 2 heterocycles. The number of fused-ring (bicyclic) bond motifs is 1. The van der Waals surface area contributed by atoms with E-state index in [-0.39, 0.29) is 5.69 Å². The summed E-state index contributed by atoms with van der Waals surface area (Å²) in [5, 5.41) is 12.4. The fourth-order valence-electron chi connectivity index (χ4n) is 3.30. The van der Waals surface area contributed by atoms with E-state index in [0.29, 0.717) is 23.0 Å². The van der Waals surface area contributed by atoms with Crippen LogP contribution >= 0.6 is 11.6 Å². The lowest BCUT2D eigenvalue weighted by Crippen LogP contribution is -2.21. The lowest BCUT2D eigenvalue weighted by atomic mass is 10.1. The minimum atomic E-state index is -4.67. The molecule has 3 N–H and O–H groups in total. The molecule has 2 aromatic heterocycles. The topological polar surface area (TPSA) is 99.8 Å². The molecule has 0 aliphatic rings. The third-order valence-corrected chi connectivity index (χ3v) is 5.24. The van der Waals surface area contributed by atoms with Crippen molar-refractivity contribution in [1.82, 2.24) is 15.2 Å². The van der Waals surface area contributed by atoms with Crippen molar-refractivity contribution in [2.75, 3.05) is 10.6 Å². The van der Waals surface area contributed by atoms with Gasteiger partial charge in [-0.25, -0.2) is 0 Å². The maximum atomic E-state index is 13.0. The van der Waals surface area contributed by atoms with Gasteiger partial charge in [-0.05, 0) is 55.5 Å². The number of aryl methyl sites for hydroxylation is 1. The Morgan fingerprint density at radius 1 is 1.00 bits per heavy atom. The second kappa shape index (κ2) is 9.14. The predicted molar refractivity (Wildman–Crippen MR) is 122 cm³/mol. The Bertz CT molecular complexity index is 1380. The quantitative estimate of drug-likeness (QED) is 0.320. The molecule has 0 saturated carbocycles. The Morgan fingerprint density at radius 3 is 2.32 bits per heavy atom. The Morgan fingerprint density at radius 2 is 1.68 bits per heavy atom. The highest BCUT2D eigenvalue weighted by Crippen LogP contribution is 2.36. The number of carbonyl (C=O) groups is 2. The molecule has 174 valence electrons. The molecular weight excluding hydrogens is 471 g/mol. The highest BCUT2D eigenvalue weighted by molar-refractivity contribution is 6.31. The van der Waals surface area contributed by atoms with Gasteiger partial charge in [0.15, 0.2) is 0 Å². The first-order valence-corrected chi connectivity index (χ1v) is 10.4. The van der Waals surface area contributed by atoms with Crippen LogP contribution in [-0.4, -0.2) is 27.0 Å². The number of alkyl halides is 3. The number of H-pyrrole nitrogens is 1. The molecular formula is C23H17ClF3N5O2. The van der Waals surface area contributed by atoms with Gasteiger partial charge in [0.1, 0.15) is 12.1 Å². The molecule has 0 spiro atoms. The van der Waals surface area contributed by atoms with Crippen LogP contribution in [0.4, 0.5) is 24.5 Å². The third-order valence-electron chi connectivity index (χ3n) is 4.91. The monoisotopic (exact) mass is 487 g/mol. The molecule has 4 rings (SSSR count). The van der Waals surface area contributed by atoms with Crippen LogP contribution in [0.3, 0.4) is 0 Å². The second-order valence-electron chi connectivity index (χ2n) is 7.49. The Labute approximate surface area is 196 Å². The average Bonchev–Trinajstić information content (AvgIpc) is 3.18. The number of nitrogens with one attached hydrogen (secondary N) is 3. The van der Waals surface area contributed by atoms with Gasteiger partial charge in [-0.3, -0.25) is 19.7 Å². The van der Waals surface area contributed by atoms with Crippen LogP contribution in [0.2, 0.25) is 5.02 Å². The molecule has 2 aromatic carbocycles. The van der Waals surface area contributed by atoms with Crippen LogP contribution in [0.25, 0.3) is 22.2 Å². The Hall–Kier alpha value is -3.92. The van der Waals surface area contributed by atoms with E-state index in [4.69, 9.17) is 11.6 Å². The number of hydrogen-bond acceptors (Lipinski definition) is 4. The van der Waals surface area contributed by atoms with Gasteiger partial charge in [-0.1, -0.05) is 11.6 Å². The van der Waals surface area contributed by atoms with Gasteiger partial charge in [0.2, 0.25) is 11.8 Å². The van der Waals surface area contributed by atoms with Gasteiger partial charge in [0, 0.05) is 34.2 Å². The normalized spacial score (nSPS) is 11.4. The third kappa shape index (κ3) is 5.18. The number of amides is 2. The Balaban J connectivity index is 1.41. The van der Waals surface area contributed by atoms with Gasteiger partial charge in [0.25, 0.3) is 0 Å². The summed E-state index contributed by atoms with van der Waals surface area (Å²) in [6.07, 6.45) is -3.54. The minimum absolute atomic E-state index is 0.119. The molecule has 0 aliphatic heterocycles. The summed E-state index contributed by atoms with van der Waals surface area (Å²) in [6, 6.07) is 11.8. The van der Waals surface area contributed by atoms with Crippen molar-refractivity contribution in [3.05, 3.63) is 71.0 Å². The van der Waals surface area contributed by atoms with Crippen molar-refractivity contribution >= 4 is 45.7 Å². The van der Waals surface area contributed by atoms with Gasteiger partial charge in [-0.2, -0.15) is 18.3 Å². The van der Waals surface area contributed by atoms with Crippen LogP contribution in [0.1, 0.15) is 17.7 Å². The van der Waals surface area contributed by atoms with E-state index in [2.05, 4.69) is 25.8 Å². The van der Waals surface area contributed by atoms with Crippen molar-refractivity contribution < 1.29 is 22.8 Å². The summed E-state index contributed by atoms with van der Waals surface area (Å²) in [5.74, 6) is -1.41. The predicted octanol–water partition coefficient (Wildman–Crippen LogP) is 5.57. The van der Waals surface area contributed by atoms with Crippen LogP contribution in [-0.2, 0) is 15.8 Å². The average molecular weight is 488 g/mol. The summed E-state index contributed by atoms with van der Waals surface area (Å²) < 4.78 is 38.9. The molecule has 0 bridgehead atoms. The second-order valence-corrected chi connectivity index (χ2v) is 7.89. The first-order valence-electron chi connectivity index (χ1n) is 9.98. The molecule has 0 unspecified atom stereocenters. The van der Waals surface area contributed by atoms with Crippen LogP contribution in [0, 0.1) is 6.92 Å². The van der Waals surface area contributed by atoms with Crippen molar-refractivity contribution in [2.45, 2.75) is 19.5 Å². The SMILES string of the molecule is Cc1ccc(-c2n[nH]c3cc(NC(=O)CC(=O)Nc4ccc(Cl)c(C(F)(F)F)c4)ccc23)cn1. The largest absolute Gasteiger partial charge is 0.417 e. The molecule has 0 radical (unpaired) electrons. The number of nitrogens with zero attached hydrogens (tertiary/aromatic N) is 2. The molecule has 0 aliphatic carbocycles. The van der Waals surface area contributed by atoms with Crippen molar-refractivity contribution in [3.8, 4) is 11.3 Å². The fourth-order valence-corrected chi connectivity index (χ4v) is 3.53. The van der Waals surface area contributed by atoms with Crippen LogP contribution in [0.5, 0.6) is 0 Å². The standard InChI is InChI=1S/C23H17ClF3N5O2/c1-12-2-3-13(11-28-12)22-16-6-4-15(9-19(16)31-32-22)30-21(34)10-20(33)29-14-5-7-18(24)17(8-14)23(25,26)27/h2-9,11H,10H2,1H3,(H,29,33)(H,30,34)(H,31,32). The summed E-state index contributed by atoms with van der Waals surface area (Å²) >= 11 is 5.57. The lowest BCUT2D eigenvalue weighted by molar-refractivity contribution is -0.137. The zero-order valence-electron chi connectivity index (χ0n) is 17.6. The molecule has 0 atom stereocenters. The summed E-state index contributed by atoms with van der Waals surface area (Å²) in [7, 11) is 0. The summed E-state index contributed by atoms with van der Waals surface area (Å²) in [5.41, 5.74) is 2.32. The Kier molecular flexibility index (Phi) is 6.25. The van der Waals surface area contributed by atoms with Gasteiger partial charge < -0.3 is 10.6 Å².